The molecular weight excluding hydrogens is 350 g/mol. The number of aromatic nitrogens is 2. The summed E-state index contributed by atoms with van der Waals surface area (Å²) in [5.41, 5.74) is 0.493. The standard InChI is InChI=1S/C18H23N5O4/c1-18(2,3)27-17(24)22-8-4-5-13(22)10-20-16-11-19-15-9-12(23(25)26)6-7-14(15)21-16/h6-7,9,11,13H,4-5,8,10H2,1-3H3,(H,20,21)/t13-/m1/s1. The average Bonchev–Trinajstić information content (AvgIpc) is 3.06. The van der Waals surface area contributed by atoms with Gasteiger partial charge in [0.2, 0.25) is 0 Å². The summed E-state index contributed by atoms with van der Waals surface area (Å²) in [5, 5.41) is 14.0. The molecule has 1 aromatic carbocycles. The Labute approximate surface area is 156 Å². The fraction of sp³-hybridized carbons (Fsp3) is 0.500. The summed E-state index contributed by atoms with van der Waals surface area (Å²) in [5.74, 6) is 0.562. The van der Waals surface area contributed by atoms with Crippen LogP contribution in [0.4, 0.5) is 16.3 Å². The molecule has 3 rings (SSSR count). The topological polar surface area (TPSA) is 110 Å². The van der Waals surface area contributed by atoms with E-state index in [1.54, 1.807) is 17.2 Å². The Kier molecular flexibility index (Phi) is 5.11. The second kappa shape index (κ2) is 7.34. The van der Waals surface area contributed by atoms with Crippen LogP contribution in [0.25, 0.3) is 11.0 Å². The fourth-order valence-electron chi connectivity index (χ4n) is 3.03. The summed E-state index contributed by atoms with van der Waals surface area (Å²) in [7, 11) is 0. The molecule has 144 valence electrons. The minimum atomic E-state index is -0.524. The highest BCUT2D eigenvalue weighted by Gasteiger charge is 2.32. The van der Waals surface area contributed by atoms with Gasteiger partial charge in [0.1, 0.15) is 11.4 Å². The van der Waals surface area contributed by atoms with Crippen molar-refractivity contribution in [2.75, 3.05) is 18.4 Å². The molecule has 1 aliphatic rings. The Balaban J connectivity index is 1.66. The first-order valence-corrected chi connectivity index (χ1v) is 8.87. The van der Waals surface area contributed by atoms with Gasteiger partial charge < -0.3 is 15.0 Å². The van der Waals surface area contributed by atoms with Gasteiger partial charge in [0, 0.05) is 25.2 Å². The number of ether oxygens (including phenoxy) is 1. The lowest BCUT2D eigenvalue weighted by atomic mass is 10.2. The number of likely N-dealkylation sites (tertiary alicyclic amines) is 1. The second-order valence-electron chi connectivity index (χ2n) is 7.54. The van der Waals surface area contributed by atoms with E-state index in [9.17, 15) is 14.9 Å². The third-order valence-corrected chi connectivity index (χ3v) is 4.26. The maximum atomic E-state index is 12.3. The number of fused-ring (bicyclic) bond motifs is 1. The number of rotatable bonds is 4. The smallest absolute Gasteiger partial charge is 0.410 e. The van der Waals surface area contributed by atoms with Crippen LogP contribution in [0.5, 0.6) is 0 Å². The van der Waals surface area contributed by atoms with Crippen molar-refractivity contribution >= 4 is 28.6 Å². The lowest BCUT2D eigenvalue weighted by Gasteiger charge is -2.28. The number of non-ortho nitro benzene ring substituents is 1. The monoisotopic (exact) mass is 373 g/mol. The number of carbonyl (C=O) groups excluding carboxylic acids is 1. The van der Waals surface area contributed by atoms with Gasteiger partial charge in [-0.2, -0.15) is 0 Å². The molecule has 9 heteroatoms. The van der Waals surface area contributed by atoms with Crippen molar-refractivity contribution in [3.8, 4) is 0 Å². The van der Waals surface area contributed by atoms with Crippen LogP contribution < -0.4 is 5.32 Å². The lowest BCUT2D eigenvalue weighted by Crippen LogP contribution is -2.42. The molecule has 1 fully saturated rings. The zero-order chi connectivity index (χ0) is 19.6. The first-order chi connectivity index (χ1) is 12.7. The number of amides is 1. The molecule has 1 aliphatic heterocycles. The van der Waals surface area contributed by atoms with Crippen molar-refractivity contribution in [1.29, 1.82) is 0 Å². The molecule has 0 radical (unpaired) electrons. The zero-order valence-corrected chi connectivity index (χ0v) is 15.6. The van der Waals surface area contributed by atoms with Crippen LogP contribution in [0.15, 0.2) is 24.4 Å². The normalized spacial score (nSPS) is 17.1. The van der Waals surface area contributed by atoms with Gasteiger partial charge in [-0.25, -0.2) is 9.78 Å². The van der Waals surface area contributed by atoms with E-state index in [1.807, 2.05) is 20.8 Å². The molecule has 2 aromatic rings. The van der Waals surface area contributed by atoms with Gasteiger partial charge in [0.25, 0.3) is 5.69 Å². The minimum absolute atomic E-state index is 0.0172. The van der Waals surface area contributed by atoms with Crippen molar-refractivity contribution in [3.05, 3.63) is 34.5 Å². The predicted molar refractivity (Wildman–Crippen MR) is 101 cm³/mol. The second-order valence-corrected chi connectivity index (χ2v) is 7.54. The number of nitrogens with zero attached hydrogens (tertiary/aromatic N) is 4. The van der Waals surface area contributed by atoms with Crippen molar-refractivity contribution in [2.45, 2.75) is 45.3 Å². The van der Waals surface area contributed by atoms with Crippen molar-refractivity contribution in [3.63, 3.8) is 0 Å². The first-order valence-electron chi connectivity index (χ1n) is 8.87. The number of anilines is 1. The van der Waals surface area contributed by atoms with Gasteiger partial charge in [-0.05, 0) is 39.7 Å². The van der Waals surface area contributed by atoms with Gasteiger partial charge in [-0.1, -0.05) is 0 Å². The molecular formula is C18H23N5O4. The van der Waals surface area contributed by atoms with Gasteiger partial charge in [0.05, 0.1) is 28.2 Å². The van der Waals surface area contributed by atoms with Crippen molar-refractivity contribution in [2.24, 2.45) is 0 Å². The van der Waals surface area contributed by atoms with Crippen LogP contribution in [0.3, 0.4) is 0 Å². The third-order valence-electron chi connectivity index (χ3n) is 4.26. The van der Waals surface area contributed by atoms with Crippen molar-refractivity contribution < 1.29 is 14.5 Å². The molecule has 0 bridgehead atoms. The molecule has 27 heavy (non-hydrogen) atoms. The maximum absolute atomic E-state index is 12.3. The summed E-state index contributed by atoms with van der Waals surface area (Å²) < 4.78 is 5.47. The summed E-state index contributed by atoms with van der Waals surface area (Å²) in [6, 6.07) is 4.40. The molecule has 0 unspecified atom stereocenters. The summed E-state index contributed by atoms with van der Waals surface area (Å²) in [4.78, 5) is 33.1. The van der Waals surface area contributed by atoms with Gasteiger partial charge >= 0.3 is 6.09 Å². The highest BCUT2D eigenvalue weighted by atomic mass is 16.6. The highest BCUT2D eigenvalue weighted by Crippen LogP contribution is 2.22. The third kappa shape index (κ3) is 4.60. The van der Waals surface area contributed by atoms with E-state index in [0.29, 0.717) is 29.9 Å². The summed E-state index contributed by atoms with van der Waals surface area (Å²) >= 11 is 0. The number of nitro benzene ring substituents is 1. The average molecular weight is 373 g/mol. The molecule has 1 amide bonds. The molecule has 1 aromatic heterocycles. The van der Waals surface area contributed by atoms with Crippen LogP contribution in [0.2, 0.25) is 0 Å². The number of benzene rings is 1. The van der Waals surface area contributed by atoms with Gasteiger partial charge in [-0.3, -0.25) is 15.1 Å². The predicted octanol–water partition coefficient (Wildman–Crippen LogP) is 3.35. The minimum Gasteiger partial charge on any atom is -0.444 e. The van der Waals surface area contributed by atoms with Crippen molar-refractivity contribution in [1.82, 2.24) is 14.9 Å². The number of nitrogens with one attached hydrogen (secondary N) is 1. The molecule has 2 heterocycles. The molecule has 1 N–H and O–H groups in total. The molecule has 9 nitrogen and oxygen atoms in total. The summed E-state index contributed by atoms with van der Waals surface area (Å²) in [6.45, 7) is 6.76. The van der Waals surface area contributed by atoms with E-state index in [2.05, 4.69) is 15.3 Å². The lowest BCUT2D eigenvalue weighted by molar-refractivity contribution is -0.384. The number of hydrogen-bond acceptors (Lipinski definition) is 7. The zero-order valence-electron chi connectivity index (χ0n) is 15.6. The van der Waals surface area contributed by atoms with Crippen LogP contribution in [-0.4, -0.2) is 50.6 Å². The van der Waals surface area contributed by atoms with E-state index < -0.39 is 10.5 Å². The molecule has 1 saturated heterocycles. The quantitative estimate of drug-likeness (QED) is 0.646. The molecule has 1 atom stereocenters. The van der Waals surface area contributed by atoms with Crippen LogP contribution >= 0.6 is 0 Å². The Bertz CT molecular complexity index is 864. The van der Waals surface area contributed by atoms with Gasteiger partial charge in [0.15, 0.2) is 0 Å². The van der Waals surface area contributed by atoms with Crippen LogP contribution in [0, 0.1) is 10.1 Å². The van der Waals surface area contributed by atoms with Crippen LogP contribution in [-0.2, 0) is 4.74 Å². The van der Waals surface area contributed by atoms with Gasteiger partial charge in [-0.15, -0.1) is 0 Å². The highest BCUT2D eigenvalue weighted by molar-refractivity contribution is 5.78. The Morgan fingerprint density at radius 2 is 2.19 bits per heavy atom. The molecule has 0 aliphatic carbocycles. The SMILES string of the molecule is CC(C)(C)OC(=O)N1CCC[C@@H]1CNc1cnc2cc([N+](=O)[O-])ccc2n1. The number of carbonyl (C=O) groups is 1. The Hall–Kier alpha value is -2.97. The maximum Gasteiger partial charge on any atom is 0.410 e. The molecule has 0 saturated carbocycles. The summed E-state index contributed by atoms with van der Waals surface area (Å²) in [6.07, 6.45) is 3.06. The van der Waals surface area contributed by atoms with E-state index in [4.69, 9.17) is 4.74 Å². The first kappa shape index (κ1) is 18.8. The van der Waals surface area contributed by atoms with E-state index in [-0.39, 0.29) is 17.8 Å². The van der Waals surface area contributed by atoms with E-state index in [1.165, 1.54) is 12.1 Å². The largest absolute Gasteiger partial charge is 0.444 e. The number of nitro groups is 1. The fourth-order valence-corrected chi connectivity index (χ4v) is 3.03. The van der Waals surface area contributed by atoms with Crippen LogP contribution in [0.1, 0.15) is 33.6 Å². The van der Waals surface area contributed by atoms with E-state index >= 15 is 0 Å². The Morgan fingerprint density at radius 3 is 2.89 bits per heavy atom. The number of hydrogen-bond donors (Lipinski definition) is 1. The van der Waals surface area contributed by atoms with E-state index in [0.717, 1.165) is 12.8 Å². The molecule has 0 spiro atoms. The Morgan fingerprint density at radius 1 is 1.41 bits per heavy atom.